The number of hydrogen-bond acceptors (Lipinski definition) is 6. The Kier molecular flexibility index (Phi) is 7.55. The summed E-state index contributed by atoms with van der Waals surface area (Å²) in [5.41, 5.74) is 1.96. The molecule has 2 atom stereocenters. The van der Waals surface area contributed by atoms with Gasteiger partial charge in [0.2, 0.25) is 0 Å². The number of methoxy groups -OCH3 is 3. The molecule has 0 aliphatic carbocycles. The van der Waals surface area contributed by atoms with Crippen LogP contribution >= 0.6 is 0 Å². The Labute approximate surface area is 166 Å². The number of carbonyl (C=O) groups excluding carboxylic acids is 1. The van der Waals surface area contributed by atoms with Gasteiger partial charge in [0.15, 0.2) is 23.0 Å². The Morgan fingerprint density at radius 3 is 2.61 bits per heavy atom. The maximum absolute atomic E-state index is 12.3. The molecule has 1 aromatic rings. The average Bonchev–Trinajstić information content (AvgIpc) is 3.04. The highest BCUT2D eigenvalue weighted by molar-refractivity contribution is 5.75. The molecule has 2 rings (SSSR count). The minimum absolute atomic E-state index is 0.0438. The van der Waals surface area contributed by atoms with Crippen molar-refractivity contribution in [3.63, 3.8) is 0 Å². The third-order valence-corrected chi connectivity index (χ3v) is 4.84. The maximum Gasteiger partial charge on any atom is 0.309 e. The predicted octanol–water partition coefficient (Wildman–Crippen LogP) is 3.97. The molecule has 1 N–H and O–H groups in total. The van der Waals surface area contributed by atoms with Crippen LogP contribution in [0, 0.1) is 11.8 Å². The summed E-state index contributed by atoms with van der Waals surface area (Å²) < 4.78 is 21.1. The molecular weight excluding hydrogens is 360 g/mol. The minimum Gasteiger partial charge on any atom is -0.504 e. The Hall–Kier alpha value is -2.89. The van der Waals surface area contributed by atoms with Crippen molar-refractivity contribution < 1.29 is 28.8 Å². The molecule has 1 saturated heterocycles. The van der Waals surface area contributed by atoms with Crippen LogP contribution in [-0.4, -0.2) is 39.0 Å². The third kappa shape index (κ3) is 5.09. The largest absolute Gasteiger partial charge is 0.504 e. The molecule has 0 saturated carbocycles. The lowest BCUT2D eigenvalue weighted by Gasteiger charge is -2.17. The number of aliphatic hydroxyl groups excluding tert-OH is 1. The van der Waals surface area contributed by atoms with Gasteiger partial charge in [-0.3, -0.25) is 4.79 Å². The smallest absolute Gasteiger partial charge is 0.309 e. The molecule has 0 amide bonds. The number of ether oxygens (including phenoxy) is 4. The van der Waals surface area contributed by atoms with Crippen molar-refractivity contribution in [1.29, 1.82) is 0 Å². The van der Waals surface area contributed by atoms with Crippen LogP contribution in [0.2, 0.25) is 0 Å². The molecule has 6 heteroatoms. The Morgan fingerprint density at radius 1 is 1.29 bits per heavy atom. The van der Waals surface area contributed by atoms with Gasteiger partial charge in [-0.1, -0.05) is 18.2 Å². The summed E-state index contributed by atoms with van der Waals surface area (Å²) in [6.07, 6.45) is 4.24. The summed E-state index contributed by atoms with van der Waals surface area (Å²) in [7, 11) is 4.67. The van der Waals surface area contributed by atoms with Gasteiger partial charge >= 0.3 is 5.97 Å². The zero-order chi connectivity index (χ0) is 20.7. The highest BCUT2D eigenvalue weighted by atomic mass is 16.5. The van der Waals surface area contributed by atoms with Crippen molar-refractivity contribution in [1.82, 2.24) is 0 Å². The highest BCUT2D eigenvalue weighted by Crippen LogP contribution is 2.34. The van der Waals surface area contributed by atoms with Gasteiger partial charge in [0.25, 0.3) is 0 Å². The number of hydrogen-bond donors (Lipinski definition) is 1. The summed E-state index contributed by atoms with van der Waals surface area (Å²) in [4.78, 5) is 12.3. The second kappa shape index (κ2) is 9.88. The van der Waals surface area contributed by atoms with Gasteiger partial charge in [0.05, 0.1) is 33.9 Å². The van der Waals surface area contributed by atoms with E-state index in [9.17, 15) is 9.90 Å². The average molecular weight is 388 g/mol. The normalized spacial score (nSPS) is 20.3. The standard InChI is InChI=1S/C22H28O6/c1-6-18(23)20(26-4)10-14(2)9-17-16(13-28-22(17)24)11-15-7-8-19(25-3)21(12-15)27-5/h6-8,10,12,16-17,23H,1,9,11,13H2,2-5H3/b14-10+,20-18-/t16-,17+/m0/s1. The van der Waals surface area contributed by atoms with Crippen LogP contribution < -0.4 is 9.47 Å². The van der Waals surface area contributed by atoms with E-state index in [1.165, 1.54) is 13.2 Å². The van der Waals surface area contributed by atoms with Crippen LogP contribution in [0.1, 0.15) is 18.9 Å². The zero-order valence-corrected chi connectivity index (χ0v) is 16.9. The van der Waals surface area contributed by atoms with E-state index in [2.05, 4.69) is 6.58 Å². The van der Waals surface area contributed by atoms with Gasteiger partial charge in [0, 0.05) is 5.92 Å². The zero-order valence-electron chi connectivity index (χ0n) is 16.9. The molecule has 0 aromatic heterocycles. The van der Waals surface area contributed by atoms with Gasteiger partial charge in [-0.25, -0.2) is 0 Å². The maximum atomic E-state index is 12.3. The van der Waals surface area contributed by atoms with E-state index in [-0.39, 0.29) is 23.6 Å². The van der Waals surface area contributed by atoms with Crippen LogP contribution in [-0.2, 0) is 20.7 Å². The summed E-state index contributed by atoms with van der Waals surface area (Å²) in [6.45, 7) is 5.81. The predicted molar refractivity (Wildman–Crippen MR) is 106 cm³/mol. The van der Waals surface area contributed by atoms with Crippen molar-refractivity contribution in [2.24, 2.45) is 11.8 Å². The molecule has 0 spiro atoms. The number of cyclic esters (lactones) is 1. The van der Waals surface area contributed by atoms with E-state index >= 15 is 0 Å². The topological polar surface area (TPSA) is 74.2 Å². The fourth-order valence-electron chi connectivity index (χ4n) is 3.33. The summed E-state index contributed by atoms with van der Waals surface area (Å²) in [5.74, 6) is 1.20. The number of allylic oxidation sites excluding steroid dienone is 3. The highest BCUT2D eigenvalue weighted by Gasteiger charge is 2.36. The lowest BCUT2D eigenvalue weighted by molar-refractivity contribution is -0.141. The van der Waals surface area contributed by atoms with Crippen molar-refractivity contribution in [3.8, 4) is 11.5 Å². The first-order valence-corrected chi connectivity index (χ1v) is 9.07. The molecule has 0 radical (unpaired) electrons. The van der Waals surface area contributed by atoms with E-state index < -0.39 is 0 Å². The van der Waals surface area contributed by atoms with Crippen LogP contribution in [0.3, 0.4) is 0 Å². The van der Waals surface area contributed by atoms with Gasteiger partial charge in [-0.2, -0.15) is 0 Å². The Bertz CT molecular complexity index is 777. The second-order valence-electron chi connectivity index (χ2n) is 6.74. The molecule has 152 valence electrons. The molecule has 1 fully saturated rings. The molecule has 1 aliphatic rings. The first-order valence-electron chi connectivity index (χ1n) is 9.07. The Balaban J connectivity index is 2.16. The summed E-state index contributed by atoms with van der Waals surface area (Å²) in [6, 6.07) is 5.76. The van der Waals surface area contributed by atoms with Crippen LogP contribution in [0.15, 0.2) is 54.0 Å². The lowest BCUT2D eigenvalue weighted by Crippen LogP contribution is -2.18. The first kappa shape index (κ1) is 21.4. The number of carbonyl (C=O) groups is 1. The van der Waals surface area contributed by atoms with Crippen LogP contribution in [0.4, 0.5) is 0 Å². The summed E-state index contributed by atoms with van der Waals surface area (Å²) >= 11 is 0. The van der Waals surface area contributed by atoms with E-state index in [1.54, 1.807) is 20.3 Å². The minimum atomic E-state index is -0.256. The first-order chi connectivity index (χ1) is 13.4. The third-order valence-electron chi connectivity index (χ3n) is 4.84. The van der Waals surface area contributed by atoms with Crippen molar-refractivity contribution in [3.05, 3.63) is 59.6 Å². The molecular formula is C22H28O6. The molecule has 0 unspecified atom stereocenters. The van der Waals surface area contributed by atoms with E-state index in [1.807, 2.05) is 25.1 Å². The number of aliphatic hydroxyl groups is 1. The SMILES string of the molecule is C=C/C(O)=C(\C=C(/C)C[C@H]1C(=O)OC[C@@H]1Cc1ccc(OC)c(OC)c1)OC. The van der Waals surface area contributed by atoms with E-state index in [4.69, 9.17) is 18.9 Å². The van der Waals surface area contributed by atoms with Crippen molar-refractivity contribution >= 4 is 5.97 Å². The lowest BCUT2D eigenvalue weighted by atomic mass is 9.85. The van der Waals surface area contributed by atoms with Gasteiger partial charge < -0.3 is 24.1 Å². The second-order valence-corrected chi connectivity index (χ2v) is 6.74. The van der Waals surface area contributed by atoms with E-state index in [0.29, 0.717) is 36.7 Å². The van der Waals surface area contributed by atoms with Gasteiger partial charge in [-0.15, -0.1) is 0 Å². The molecule has 1 aromatic carbocycles. The molecule has 28 heavy (non-hydrogen) atoms. The molecule has 6 nitrogen and oxygen atoms in total. The van der Waals surface area contributed by atoms with Crippen molar-refractivity contribution in [2.75, 3.05) is 27.9 Å². The van der Waals surface area contributed by atoms with E-state index in [0.717, 1.165) is 11.1 Å². The monoisotopic (exact) mass is 388 g/mol. The fraction of sp³-hybridized carbons (Fsp3) is 0.409. The van der Waals surface area contributed by atoms with Crippen molar-refractivity contribution in [2.45, 2.75) is 19.8 Å². The van der Waals surface area contributed by atoms with Crippen LogP contribution in [0.25, 0.3) is 0 Å². The number of benzene rings is 1. The number of rotatable bonds is 9. The molecule has 1 aliphatic heterocycles. The quantitative estimate of drug-likeness (QED) is 0.392. The van der Waals surface area contributed by atoms with Crippen LogP contribution in [0.5, 0.6) is 11.5 Å². The molecule has 1 heterocycles. The molecule has 0 bridgehead atoms. The summed E-state index contributed by atoms with van der Waals surface area (Å²) in [5, 5.41) is 9.80. The Morgan fingerprint density at radius 2 is 2.00 bits per heavy atom. The number of esters is 1. The van der Waals surface area contributed by atoms with Gasteiger partial charge in [-0.05, 0) is 49.6 Å². The van der Waals surface area contributed by atoms with Gasteiger partial charge in [0.1, 0.15) is 0 Å². The fourth-order valence-corrected chi connectivity index (χ4v) is 3.33.